The van der Waals surface area contributed by atoms with Crippen molar-refractivity contribution in [1.29, 1.82) is 0 Å². The van der Waals surface area contributed by atoms with Gasteiger partial charge in [-0.3, -0.25) is 0 Å². The molecule has 0 aliphatic heterocycles. The molecule has 27 heavy (non-hydrogen) atoms. The van der Waals surface area contributed by atoms with Crippen LogP contribution in [0.25, 0.3) is 0 Å². The maximum Gasteiger partial charge on any atom is 0.323 e. The molecule has 138 valence electrons. The second-order valence-electron chi connectivity index (χ2n) is 6.05. The van der Waals surface area contributed by atoms with Crippen LogP contribution in [0.3, 0.4) is 0 Å². The summed E-state index contributed by atoms with van der Waals surface area (Å²) in [6, 6.07) is 24.3. The van der Waals surface area contributed by atoms with Crippen LogP contribution >= 0.6 is 11.6 Å². The number of rotatable bonds is 7. The number of nitrogens with one attached hydrogen (secondary N) is 2. The normalized spacial score (nSPS) is 10.3. The molecule has 0 fully saturated rings. The quantitative estimate of drug-likeness (QED) is 0.494. The van der Waals surface area contributed by atoms with Crippen LogP contribution in [-0.4, -0.2) is 12.6 Å². The number of halogens is 1. The summed E-state index contributed by atoms with van der Waals surface area (Å²) in [6.45, 7) is 0.618. The molecule has 2 N–H and O–H groups in total. The highest BCUT2D eigenvalue weighted by Crippen LogP contribution is 2.19. The zero-order valence-corrected chi connectivity index (χ0v) is 15.6. The molecule has 4 nitrogen and oxygen atoms in total. The van der Waals surface area contributed by atoms with E-state index in [0.717, 1.165) is 18.6 Å². The van der Waals surface area contributed by atoms with Crippen LogP contribution in [-0.2, 0) is 6.42 Å². The number of aryl methyl sites for hydroxylation is 1. The fraction of sp³-hybridized carbons (Fsp3) is 0.136. The third-order valence-corrected chi connectivity index (χ3v) is 4.13. The van der Waals surface area contributed by atoms with Gasteiger partial charge in [0.15, 0.2) is 0 Å². The van der Waals surface area contributed by atoms with Crippen molar-refractivity contribution in [2.45, 2.75) is 12.8 Å². The minimum Gasteiger partial charge on any atom is -0.494 e. The molecule has 0 atom stereocenters. The molecule has 2 amide bonds. The zero-order chi connectivity index (χ0) is 18.9. The lowest BCUT2D eigenvalue weighted by atomic mass is 10.1. The van der Waals surface area contributed by atoms with Gasteiger partial charge in [0.2, 0.25) is 0 Å². The summed E-state index contributed by atoms with van der Waals surface area (Å²) in [4.78, 5) is 12.1. The Bertz CT molecular complexity index is 884. The van der Waals surface area contributed by atoms with Crippen LogP contribution in [0.15, 0.2) is 78.9 Å². The first-order valence-corrected chi connectivity index (χ1v) is 9.17. The molecule has 0 saturated heterocycles. The van der Waals surface area contributed by atoms with Gasteiger partial charge in [0.05, 0.1) is 6.61 Å². The molecule has 3 rings (SSSR count). The molecule has 3 aromatic carbocycles. The van der Waals surface area contributed by atoms with Gasteiger partial charge in [-0.1, -0.05) is 54.1 Å². The fourth-order valence-corrected chi connectivity index (χ4v) is 2.82. The largest absolute Gasteiger partial charge is 0.494 e. The average molecular weight is 381 g/mol. The summed E-state index contributed by atoms with van der Waals surface area (Å²) in [5.74, 6) is 0.726. The van der Waals surface area contributed by atoms with Crippen LogP contribution in [0.5, 0.6) is 5.75 Å². The van der Waals surface area contributed by atoms with Crippen LogP contribution < -0.4 is 15.4 Å². The monoisotopic (exact) mass is 380 g/mol. The van der Waals surface area contributed by atoms with Crippen molar-refractivity contribution in [3.8, 4) is 5.75 Å². The van der Waals surface area contributed by atoms with Crippen molar-refractivity contribution in [3.05, 3.63) is 89.4 Å². The van der Waals surface area contributed by atoms with Crippen LogP contribution in [0.2, 0.25) is 5.02 Å². The highest BCUT2D eigenvalue weighted by Gasteiger charge is 2.04. The number of amides is 2. The highest BCUT2D eigenvalue weighted by atomic mass is 35.5. The first-order chi connectivity index (χ1) is 13.2. The number of hydrogen-bond acceptors (Lipinski definition) is 2. The highest BCUT2D eigenvalue weighted by molar-refractivity contribution is 6.30. The number of carbonyl (C=O) groups excluding carboxylic acids is 1. The van der Waals surface area contributed by atoms with Crippen molar-refractivity contribution in [2.24, 2.45) is 0 Å². The Labute approximate surface area is 164 Å². The van der Waals surface area contributed by atoms with Crippen LogP contribution in [0, 0.1) is 0 Å². The minimum atomic E-state index is -0.335. The molecule has 5 heteroatoms. The van der Waals surface area contributed by atoms with E-state index in [1.165, 1.54) is 5.56 Å². The first-order valence-electron chi connectivity index (χ1n) is 8.79. The van der Waals surface area contributed by atoms with E-state index in [-0.39, 0.29) is 6.03 Å². The Hall–Kier alpha value is -2.98. The molecule has 3 aromatic rings. The third-order valence-electron chi connectivity index (χ3n) is 3.90. The van der Waals surface area contributed by atoms with Crippen molar-refractivity contribution in [3.63, 3.8) is 0 Å². The lowest BCUT2D eigenvalue weighted by Gasteiger charge is -2.10. The van der Waals surface area contributed by atoms with E-state index in [1.54, 1.807) is 30.3 Å². The maximum absolute atomic E-state index is 12.1. The third kappa shape index (κ3) is 6.35. The van der Waals surface area contributed by atoms with E-state index in [2.05, 4.69) is 22.8 Å². The van der Waals surface area contributed by atoms with E-state index >= 15 is 0 Å². The molecule has 0 heterocycles. The number of benzene rings is 3. The second kappa shape index (κ2) is 9.64. The standard InChI is InChI=1S/C22H21ClN2O2/c23-18-10-4-11-19(15-18)24-22(26)25-20-12-5-13-21(16-20)27-14-6-9-17-7-2-1-3-8-17/h1-5,7-8,10-13,15-16H,6,9,14H2,(H2,24,25,26). The summed E-state index contributed by atoms with van der Waals surface area (Å²) in [5.41, 5.74) is 2.60. The number of ether oxygens (including phenoxy) is 1. The summed E-state index contributed by atoms with van der Waals surface area (Å²) in [5, 5.41) is 6.11. The van der Waals surface area contributed by atoms with E-state index in [4.69, 9.17) is 16.3 Å². The van der Waals surface area contributed by atoms with E-state index < -0.39 is 0 Å². The van der Waals surface area contributed by atoms with Crippen molar-refractivity contribution in [1.82, 2.24) is 0 Å². The molecule has 0 radical (unpaired) electrons. The van der Waals surface area contributed by atoms with E-state index in [9.17, 15) is 4.79 Å². The Kier molecular flexibility index (Phi) is 6.72. The smallest absolute Gasteiger partial charge is 0.323 e. The van der Waals surface area contributed by atoms with Crippen LogP contribution in [0.4, 0.5) is 16.2 Å². The van der Waals surface area contributed by atoms with Crippen molar-refractivity contribution < 1.29 is 9.53 Å². The summed E-state index contributed by atoms with van der Waals surface area (Å²) in [6.07, 6.45) is 1.90. The van der Waals surface area contributed by atoms with Gasteiger partial charge in [-0.2, -0.15) is 0 Å². The van der Waals surface area contributed by atoms with Crippen molar-refractivity contribution in [2.75, 3.05) is 17.2 Å². The second-order valence-corrected chi connectivity index (χ2v) is 6.49. The molecule has 0 aromatic heterocycles. The molecule has 0 aliphatic rings. The topological polar surface area (TPSA) is 50.4 Å². The molecule has 0 saturated carbocycles. The predicted molar refractivity (Wildman–Crippen MR) is 111 cm³/mol. The summed E-state index contributed by atoms with van der Waals surface area (Å²) >= 11 is 5.92. The van der Waals surface area contributed by atoms with Gasteiger partial charge in [0.25, 0.3) is 0 Å². The minimum absolute atomic E-state index is 0.335. The molecule has 0 spiro atoms. The molecular weight excluding hydrogens is 360 g/mol. The Balaban J connectivity index is 1.47. The van der Waals surface area contributed by atoms with Crippen molar-refractivity contribution >= 4 is 29.0 Å². The van der Waals surface area contributed by atoms with E-state index in [0.29, 0.717) is 23.0 Å². The number of anilines is 2. The van der Waals surface area contributed by atoms with Crippen LogP contribution in [0.1, 0.15) is 12.0 Å². The Morgan fingerprint density at radius 1 is 0.852 bits per heavy atom. The first kappa shape index (κ1) is 18.8. The maximum atomic E-state index is 12.1. The van der Waals surface area contributed by atoms with E-state index in [1.807, 2.05) is 36.4 Å². The SMILES string of the molecule is O=C(Nc1cccc(Cl)c1)Nc1cccc(OCCCc2ccccc2)c1. The molecular formula is C22H21ClN2O2. The number of carbonyl (C=O) groups is 1. The van der Waals surface area contributed by atoms with Gasteiger partial charge >= 0.3 is 6.03 Å². The molecule has 0 bridgehead atoms. The predicted octanol–water partition coefficient (Wildman–Crippen LogP) is 6.00. The van der Waals surface area contributed by atoms with Gasteiger partial charge in [-0.15, -0.1) is 0 Å². The Morgan fingerprint density at radius 2 is 1.56 bits per heavy atom. The van der Waals surface area contributed by atoms with Gasteiger partial charge < -0.3 is 15.4 Å². The van der Waals surface area contributed by atoms with Gasteiger partial charge in [0, 0.05) is 22.5 Å². The average Bonchev–Trinajstić information content (AvgIpc) is 2.66. The number of hydrogen-bond donors (Lipinski definition) is 2. The lowest BCUT2D eigenvalue weighted by Crippen LogP contribution is -2.19. The summed E-state index contributed by atoms with van der Waals surface area (Å²) in [7, 11) is 0. The zero-order valence-electron chi connectivity index (χ0n) is 14.8. The number of urea groups is 1. The molecule has 0 aliphatic carbocycles. The lowest BCUT2D eigenvalue weighted by molar-refractivity contribution is 0.262. The van der Waals surface area contributed by atoms with Gasteiger partial charge in [-0.05, 0) is 48.7 Å². The molecule has 0 unspecified atom stereocenters. The van der Waals surface area contributed by atoms with Gasteiger partial charge in [0.1, 0.15) is 5.75 Å². The fourth-order valence-electron chi connectivity index (χ4n) is 2.63. The van der Waals surface area contributed by atoms with Gasteiger partial charge in [-0.25, -0.2) is 4.79 Å². The summed E-state index contributed by atoms with van der Waals surface area (Å²) < 4.78 is 5.79. The Morgan fingerprint density at radius 3 is 2.30 bits per heavy atom.